The fourth-order valence-corrected chi connectivity index (χ4v) is 8.32. The van der Waals surface area contributed by atoms with E-state index < -0.39 is 6.10 Å². The van der Waals surface area contributed by atoms with Crippen LogP contribution in [0.25, 0.3) is 0 Å². The van der Waals surface area contributed by atoms with Crippen LogP contribution in [-0.4, -0.2) is 37.2 Å². The van der Waals surface area contributed by atoms with Crippen LogP contribution in [0.3, 0.4) is 0 Å². The molecule has 0 fully saturated rings. The Morgan fingerprint density at radius 2 is 0.547 bits per heavy atom. The predicted molar refractivity (Wildman–Crippen MR) is 325 cm³/mol. The lowest BCUT2D eigenvalue weighted by Crippen LogP contribution is -2.30. The molecule has 0 N–H and O–H groups in total. The van der Waals surface area contributed by atoms with Gasteiger partial charge in [-0.15, -0.1) is 0 Å². The maximum atomic E-state index is 12.8. The number of hydrogen-bond acceptors (Lipinski definition) is 6. The molecule has 0 aromatic heterocycles. The molecule has 0 bridgehead atoms. The highest BCUT2D eigenvalue weighted by atomic mass is 16.6. The highest BCUT2D eigenvalue weighted by Gasteiger charge is 2.19. The van der Waals surface area contributed by atoms with E-state index in [2.05, 4.69) is 142 Å². The number of esters is 3. The van der Waals surface area contributed by atoms with Crippen molar-refractivity contribution in [3.8, 4) is 0 Å². The summed E-state index contributed by atoms with van der Waals surface area (Å²) >= 11 is 0. The summed E-state index contributed by atoms with van der Waals surface area (Å²) in [5.41, 5.74) is 0. The van der Waals surface area contributed by atoms with Gasteiger partial charge in [-0.2, -0.15) is 0 Å². The molecule has 0 aromatic rings. The first kappa shape index (κ1) is 70.8. The van der Waals surface area contributed by atoms with Crippen LogP contribution in [-0.2, 0) is 28.6 Å². The lowest BCUT2D eigenvalue weighted by atomic mass is 10.0. The Balaban J connectivity index is 4.17. The fraction of sp³-hybridized carbons (Fsp3) is 0.667. The topological polar surface area (TPSA) is 78.9 Å². The molecule has 0 saturated heterocycles. The van der Waals surface area contributed by atoms with Gasteiger partial charge in [0, 0.05) is 19.3 Å². The molecule has 0 aliphatic carbocycles. The average molecular weight is 1040 g/mol. The van der Waals surface area contributed by atoms with E-state index in [4.69, 9.17) is 14.2 Å². The van der Waals surface area contributed by atoms with Crippen molar-refractivity contribution >= 4 is 17.9 Å². The molecule has 426 valence electrons. The van der Waals surface area contributed by atoms with Crippen molar-refractivity contribution in [3.63, 3.8) is 0 Å². The number of rotatable bonds is 55. The van der Waals surface area contributed by atoms with Crippen molar-refractivity contribution < 1.29 is 28.6 Å². The molecule has 0 aromatic carbocycles. The summed E-state index contributed by atoms with van der Waals surface area (Å²) in [6.07, 6.45) is 86.4. The lowest BCUT2D eigenvalue weighted by Gasteiger charge is -2.18. The zero-order chi connectivity index (χ0) is 54.3. The van der Waals surface area contributed by atoms with Crippen molar-refractivity contribution in [2.75, 3.05) is 13.2 Å². The largest absolute Gasteiger partial charge is 0.462 e. The van der Waals surface area contributed by atoms with Crippen molar-refractivity contribution in [3.05, 3.63) is 122 Å². The first-order chi connectivity index (χ1) is 37.0. The molecule has 0 spiro atoms. The molecule has 0 heterocycles. The van der Waals surface area contributed by atoms with E-state index in [9.17, 15) is 14.4 Å². The minimum atomic E-state index is -0.784. The summed E-state index contributed by atoms with van der Waals surface area (Å²) in [4.78, 5) is 38.0. The second-order valence-electron chi connectivity index (χ2n) is 20.2. The smallest absolute Gasteiger partial charge is 0.306 e. The van der Waals surface area contributed by atoms with Gasteiger partial charge in [-0.3, -0.25) is 14.4 Å². The summed E-state index contributed by atoms with van der Waals surface area (Å²) in [6.45, 7) is 6.44. The van der Waals surface area contributed by atoms with Gasteiger partial charge in [-0.05, 0) is 109 Å². The second-order valence-corrected chi connectivity index (χ2v) is 20.2. The number of allylic oxidation sites excluding steroid dienone is 20. The van der Waals surface area contributed by atoms with Crippen molar-refractivity contribution in [2.45, 2.75) is 284 Å². The normalized spacial score (nSPS) is 12.9. The highest BCUT2D eigenvalue weighted by molar-refractivity contribution is 5.71. The number of ether oxygens (including phenoxy) is 3. The zero-order valence-electron chi connectivity index (χ0n) is 48.8. The Bertz CT molecular complexity index is 1570. The van der Waals surface area contributed by atoms with Gasteiger partial charge in [-0.1, -0.05) is 271 Å². The van der Waals surface area contributed by atoms with Gasteiger partial charge in [0.2, 0.25) is 0 Å². The molecule has 75 heavy (non-hydrogen) atoms. The summed E-state index contributed by atoms with van der Waals surface area (Å²) in [6, 6.07) is 0. The van der Waals surface area contributed by atoms with Gasteiger partial charge in [-0.25, -0.2) is 0 Å². The van der Waals surface area contributed by atoms with E-state index in [1.54, 1.807) is 0 Å². The van der Waals surface area contributed by atoms with Crippen LogP contribution in [0.2, 0.25) is 0 Å². The SMILES string of the molecule is CC/C=C\C/C=C\C/C=C\C/C=C\C/C=C\C/C=C\C/C=C\C/C=C\C/C=C\CCCCCCCCCC(=O)OCC(COC(=O)CCCCCCC/C=C\CCC)OC(=O)CCCCCCCCCCCCCC. The molecule has 0 aliphatic heterocycles. The molecule has 0 amide bonds. The third-order valence-corrected chi connectivity index (χ3v) is 12.9. The van der Waals surface area contributed by atoms with Gasteiger partial charge >= 0.3 is 17.9 Å². The minimum Gasteiger partial charge on any atom is -0.462 e. The summed E-state index contributed by atoms with van der Waals surface area (Å²) in [7, 11) is 0. The van der Waals surface area contributed by atoms with Crippen LogP contribution in [0, 0.1) is 0 Å². The molecule has 0 aliphatic rings. The summed E-state index contributed by atoms with van der Waals surface area (Å²) in [5.74, 6) is -0.905. The Kier molecular flexibility index (Phi) is 58.9. The fourth-order valence-electron chi connectivity index (χ4n) is 8.32. The molecule has 6 nitrogen and oxygen atoms in total. The first-order valence-electron chi connectivity index (χ1n) is 31.0. The van der Waals surface area contributed by atoms with E-state index in [1.165, 1.54) is 103 Å². The minimum absolute atomic E-state index is 0.0850. The number of unbranched alkanes of at least 4 members (excludes halogenated alkanes) is 24. The van der Waals surface area contributed by atoms with Crippen molar-refractivity contribution in [1.82, 2.24) is 0 Å². The van der Waals surface area contributed by atoms with Crippen molar-refractivity contribution in [2.24, 2.45) is 0 Å². The standard InChI is InChI=1S/C69H114O6/c1-4-7-10-13-16-19-22-24-25-26-27-28-29-30-31-32-33-34-35-36-37-38-39-40-41-42-43-44-45-46-48-50-53-56-59-62-68(71)74-65-66(64-73-67(70)61-58-55-52-49-21-18-15-12-9-6-3)75-69(72)63-60-57-54-51-47-23-20-17-14-11-8-5-2/h7,10,12,15-16,19,24-25,27-28,30-31,33-34,36-37,39-40,42-43,66H,4-6,8-9,11,13-14,17-18,20-23,26,29,32,35,38,41,44-65H2,1-3H3/b10-7-,15-12-,19-16-,25-24-,28-27-,31-30-,34-33-,37-36-,40-39-,43-42-. The Morgan fingerprint density at radius 3 is 0.880 bits per heavy atom. The van der Waals surface area contributed by atoms with Gasteiger partial charge in [0.05, 0.1) is 0 Å². The van der Waals surface area contributed by atoms with E-state index >= 15 is 0 Å². The van der Waals surface area contributed by atoms with Crippen LogP contribution in [0.15, 0.2) is 122 Å². The van der Waals surface area contributed by atoms with Gasteiger partial charge in [0.1, 0.15) is 13.2 Å². The molecular weight excluding hydrogens is 925 g/mol. The zero-order valence-corrected chi connectivity index (χ0v) is 48.8. The molecule has 0 rings (SSSR count). The average Bonchev–Trinajstić information content (AvgIpc) is 3.41. The van der Waals surface area contributed by atoms with Crippen LogP contribution in [0.1, 0.15) is 278 Å². The van der Waals surface area contributed by atoms with E-state index in [-0.39, 0.29) is 31.1 Å². The third-order valence-electron chi connectivity index (χ3n) is 12.9. The molecule has 6 heteroatoms. The maximum Gasteiger partial charge on any atom is 0.306 e. The molecule has 0 saturated carbocycles. The number of hydrogen-bond donors (Lipinski definition) is 0. The van der Waals surface area contributed by atoms with Gasteiger partial charge in [0.15, 0.2) is 6.10 Å². The molecule has 1 atom stereocenters. The van der Waals surface area contributed by atoms with Gasteiger partial charge in [0.25, 0.3) is 0 Å². The summed E-state index contributed by atoms with van der Waals surface area (Å²) in [5, 5.41) is 0. The van der Waals surface area contributed by atoms with E-state index in [1.807, 2.05) is 0 Å². The van der Waals surface area contributed by atoms with Crippen LogP contribution >= 0.6 is 0 Å². The maximum absolute atomic E-state index is 12.8. The molecular formula is C69H114O6. The van der Waals surface area contributed by atoms with Crippen LogP contribution in [0.4, 0.5) is 0 Å². The first-order valence-corrected chi connectivity index (χ1v) is 31.0. The Hall–Kier alpha value is -4.19. The molecule has 0 radical (unpaired) electrons. The third kappa shape index (κ3) is 60.6. The van der Waals surface area contributed by atoms with Gasteiger partial charge < -0.3 is 14.2 Å². The predicted octanol–water partition coefficient (Wildman–Crippen LogP) is 21.2. The second kappa shape index (κ2) is 62.4. The van der Waals surface area contributed by atoms with E-state index in [0.717, 1.165) is 135 Å². The number of carbonyl (C=O) groups is 3. The molecule has 1 unspecified atom stereocenters. The summed E-state index contributed by atoms with van der Waals surface area (Å²) < 4.78 is 16.8. The lowest BCUT2D eigenvalue weighted by molar-refractivity contribution is -0.167. The van der Waals surface area contributed by atoms with E-state index in [0.29, 0.717) is 19.3 Å². The van der Waals surface area contributed by atoms with Crippen molar-refractivity contribution in [1.29, 1.82) is 0 Å². The van der Waals surface area contributed by atoms with Crippen LogP contribution < -0.4 is 0 Å². The highest BCUT2D eigenvalue weighted by Crippen LogP contribution is 2.15. The quantitative estimate of drug-likeness (QED) is 0.0261. The monoisotopic (exact) mass is 1040 g/mol. The Labute approximate surface area is 462 Å². The Morgan fingerprint density at radius 1 is 0.280 bits per heavy atom. The van der Waals surface area contributed by atoms with Crippen LogP contribution in [0.5, 0.6) is 0 Å². The number of carbonyl (C=O) groups excluding carboxylic acids is 3.